The molecule has 0 saturated carbocycles. The van der Waals surface area contributed by atoms with Crippen molar-refractivity contribution < 1.29 is 59.8 Å². The van der Waals surface area contributed by atoms with E-state index in [1.807, 2.05) is 6.08 Å². The van der Waals surface area contributed by atoms with Crippen molar-refractivity contribution in [1.82, 2.24) is 0 Å². The van der Waals surface area contributed by atoms with Gasteiger partial charge in [-0.15, -0.1) is 6.58 Å². The van der Waals surface area contributed by atoms with Gasteiger partial charge >= 0.3 is 5.97 Å². The molecule has 2 fully saturated rings. The predicted molar refractivity (Wildman–Crippen MR) is 107 cm³/mol. The zero-order chi connectivity index (χ0) is 23.9. The van der Waals surface area contributed by atoms with Crippen LogP contribution >= 0.6 is 0 Å². The van der Waals surface area contributed by atoms with Crippen molar-refractivity contribution in [3.63, 3.8) is 0 Å². The van der Waals surface area contributed by atoms with Crippen LogP contribution in [0.3, 0.4) is 0 Å². The summed E-state index contributed by atoms with van der Waals surface area (Å²) in [5.41, 5.74) is 0. The van der Waals surface area contributed by atoms with Crippen LogP contribution in [0.4, 0.5) is 0 Å². The molecule has 2 heterocycles. The summed E-state index contributed by atoms with van der Waals surface area (Å²) in [6.07, 6.45) is -8.61. The molecule has 12 heteroatoms. The van der Waals surface area contributed by atoms with E-state index in [2.05, 4.69) is 6.58 Å². The molecule has 2 aliphatic heterocycles. The first-order valence-corrected chi connectivity index (χ1v) is 10.8. The average molecular weight is 468 g/mol. The van der Waals surface area contributed by atoms with E-state index in [9.17, 15) is 40.9 Å². The average Bonchev–Trinajstić information content (AvgIpc) is 2.78. The molecule has 0 unspecified atom stereocenters. The molecule has 0 aromatic carbocycles. The van der Waals surface area contributed by atoms with Crippen LogP contribution < -0.4 is 0 Å². The van der Waals surface area contributed by atoms with Crippen molar-refractivity contribution in [2.45, 2.75) is 93.2 Å². The van der Waals surface area contributed by atoms with Crippen molar-refractivity contribution in [3.8, 4) is 0 Å². The SMILES string of the molecule is C=CCCCCCCO[C@H]1O[C@H](CO)[C@@H](O[C@@]2(O)O[C@H](CO)[C@H](O)[C@H](O)[C@H]2O)[C@H](O)[C@H]1O. The first kappa shape index (κ1) is 27.5. The van der Waals surface area contributed by atoms with Crippen LogP contribution in [0.5, 0.6) is 0 Å². The van der Waals surface area contributed by atoms with E-state index in [4.69, 9.17) is 18.9 Å². The lowest BCUT2D eigenvalue weighted by Gasteiger charge is -2.49. The van der Waals surface area contributed by atoms with Crippen molar-refractivity contribution in [2.24, 2.45) is 0 Å². The van der Waals surface area contributed by atoms with Crippen LogP contribution in [0.25, 0.3) is 0 Å². The molecule has 0 aromatic rings. The summed E-state index contributed by atoms with van der Waals surface area (Å²) in [6, 6.07) is 0. The quantitative estimate of drug-likeness (QED) is 0.0826. The normalized spacial score (nSPS) is 42.7. The van der Waals surface area contributed by atoms with Crippen LogP contribution in [0.15, 0.2) is 12.7 Å². The van der Waals surface area contributed by atoms with Crippen molar-refractivity contribution in [1.29, 1.82) is 0 Å². The first-order valence-electron chi connectivity index (χ1n) is 10.8. The Kier molecular flexibility index (Phi) is 10.9. The minimum atomic E-state index is -2.98. The molecule has 8 N–H and O–H groups in total. The Labute approximate surface area is 186 Å². The maximum absolute atomic E-state index is 10.6. The van der Waals surface area contributed by atoms with Gasteiger partial charge in [0.25, 0.3) is 0 Å². The van der Waals surface area contributed by atoms with Crippen LogP contribution in [-0.2, 0) is 18.9 Å². The smallest absolute Gasteiger partial charge is 0.311 e. The third kappa shape index (κ3) is 6.44. The summed E-state index contributed by atoms with van der Waals surface area (Å²) < 4.78 is 21.2. The lowest BCUT2D eigenvalue weighted by molar-refractivity contribution is -0.473. The Bertz CT molecular complexity index is 561. The molecular weight excluding hydrogens is 432 g/mol. The van der Waals surface area contributed by atoms with E-state index in [1.54, 1.807) is 0 Å². The van der Waals surface area contributed by atoms with E-state index in [0.29, 0.717) is 6.42 Å². The van der Waals surface area contributed by atoms with Gasteiger partial charge in [-0.05, 0) is 19.3 Å². The van der Waals surface area contributed by atoms with Gasteiger partial charge in [0.15, 0.2) is 12.4 Å². The molecular formula is C20H36O12. The summed E-state index contributed by atoms with van der Waals surface area (Å²) in [5.74, 6) is -2.98. The summed E-state index contributed by atoms with van der Waals surface area (Å²) in [4.78, 5) is 0. The van der Waals surface area contributed by atoms with Gasteiger partial charge in [0.05, 0.1) is 13.2 Å². The molecule has 0 spiro atoms. The summed E-state index contributed by atoms with van der Waals surface area (Å²) in [5, 5.41) is 80.3. The fourth-order valence-electron chi connectivity index (χ4n) is 3.70. The zero-order valence-electron chi connectivity index (χ0n) is 17.8. The van der Waals surface area contributed by atoms with Gasteiger partial charge < -0.3 is 59.8 Å². The van der Waals surface area contributed by atoms with Crippen molar-refractivity contribution in [2.75, 3.05) is 19.8 Å². The summed E-state index contributed by atoms with van der Waals surface area (Å²) >= 11 is 0. The van der Waals surface area contributed by atoms with Crippen molar-refractivity contribution >= 4 is 0 Å². The van der Waals surface area contributed by atoms with Crippen LogP contribution in [0, 0.1) is 0 Å². The lowest BCUT2D eigenvalue weighted by Crippen LogP contribution is -2.70. The number of ether oxygens (including phenoxy) is 4. The summed E-state index contributed by atoms with van der Waals surface area (Å²) in [6.45, 7) is 2.36. The number of hydrogen-bond donors (Lipinski definition) is 8. The largest absolute Gasteiger partial charge is 0.394 e. The van der Waals surface area contributed by atoms with Gasteiger partial charge in [-0.1, -0.05) is 18.9 Å². The van der Waals surface area contributed by atoms with Gasteiger partial charge in [0, 0.05) is 6.61 Å². The Morgan fingerprint density at radius 1 is 0.844 bits per heavy atom. The van der Waals surface area contributed by atoms with E-state index in [1.165, 1.54) is 0 Å². The third-order valence-electron chi connectivity index (χ3n) is 5.64. The van der Waals surface area contributed by atoms with Crippen LogP contribution in [0.1, 0.15) is 32.1 Å². The highest BCUT2D eigenvalue weighted by atomic mass is 16.8. The molecule has 2 rings (SSSR count). The molecule has 0 bridgehead atoms. The summed E-state index contributed by atoms with van der Waals surface area (Å²) in [7, 11) is 0. The van der Waals surface area contributed by atoms with Gasteiger partial charge in [-0.25, -0.2) is 0 Å². The minimum Gasteiger partial charge on any atom is -0.394 e. The molecule has 10 atom stereocenters. The van der Waals surface area contributed by atoms with Crippen LogP contribution in [-0.4, -0.2) is 122 Å². The number of rotatable bonds is 12. The Hall–Kier alpha value is -0.740. The molecule has 12 nitrogen and oxygen atoms in total. The van der Waals surface area contributed by atoms with E-state index in [-0.39, 0.29) is 6.61 Å². The van der Waals surface area contributed by atoms with E-state index >= 15 is 0 Å². The maximum atomic E-state index is 10.6. The number of unbranched alkanes of at least 4 members (excludes halogenated alkanes) is 4. The molecule has 0 radical (unpaired) electrons. The molecule has 32 heavy (non-hydrogen) atoms. The number of aliphatic hydroxyl groups is 8. The number of hydrogen-bond acceptors (Lipinski definition) is 12. The maximum Gasteiger partial charge on any atom is 0.311 e. The molecule has 188 valence electrons. The second kappa shape index (κ2) is 12.6. The molecule has 0 aromatic heterocycles. The molecule has 0 amide bonds. The predicted octanol–water partition coefficient (Wildman–Crippen LogP) is -2.92. The second-order valence-electron chi connectivity index (χ2n) is 8.05. The fraction of sp³-hybridized carbons (Fsp3) is 0.900. The minimum absolute atomic E-state index is 0.236. The Morgan fingerprint density at radius 3 is 2.12 bits per heavy atom. The molecule has 0 aliphatic carbocycles. The zero-order valence-corrected chi connectivity index (χ0v) is 17.8. The number of aliphatic hydroxyl groups excluding tert-OH is 7. The monoisotopic (exact) mass is 468 g/mol. The Balaban J connectivity index is 1.98. The highest BCUT2D eigenvalue weighted by Crippen LogP contribution is 2.34. The van der Waals surface area contributed by atoms with E-state index in [0.717, 1.165) is 25.7 Å². The van der Waals surface area contributed by atoms with Gasteiger partial charge in [-0.2, -0.15) is 0 Å². The highest BCUT2D eigenvalue weighted by molar-refractivity contribution is 4.96. The third-order valence-corrected chi connectivity index (χ3v) is 5.64. The first-order chi connectivity index (χ1) is 15.2. The standard InChI is InChI=1S/C20H36O12/c1-2-3-4-5-6-7-8-29-19-16(26)14(24)17(12(10-22)30-19)32-20(28)18(27)15(25)13(23)11(9-21)31-20/h2,11-19,21-28H,1,3-10H2/t11-,12-,13+,14-,15+,16-,17-,18-,19+,20+/m1/s1. The Morgan fingerprint density at radius 2 is 1.50 bits per heavy atom. The van der Waals surface area contributed by atoms with Crippen LogP contribution in [0.2, 0.25) is 0 Å². The lowest BCUT2D eigenvalue weighted by atomic mass is 9.96. The highest BCUT2D eigenvalue weighted by Gasteiger charge is 2.58. The molecule has 2 saturated heterocycles. The molecule has 2 aliphatic rings. The van der Waals surface area contributed by atoms with E-state index < -0.39 is 74.3 Å². The van der Waals surface area contributed by atoms with Gasteiger partial charge in [0.1, 0.15) is 42.7 Å². The van der Waals surface area contributed by atoms with Gasteiger partial charge in [-0.3, -0.25) is 0 Å². The van der Waals surface area contributed by atoms with Gasteiger partial charge in [0.2, 0.25) is 0 Å². The second-order valence-corrected chi connectivity index (χ2v) is 8.05. The van der Waals surface area contributed by atoms with Crippen molar-refractivity contribution in [3.05, 3.63) is 12.7 Å². The fourth-order valence-corrected chi connectivity index (χ4v) is 3.70. The topological polar surface area (TPSA) is 199 Å². The number of allylic oxidation sites excluding steroid dienone is 1.